The lowest BCUT2D eigenvalue weighted by Crippen LogP contribution is -2.35. The second-order valence-corrected chi connectivity index (χ2v) is 12.5. The number of thiazole rings is 1. The first kappa shape index (κ1) is 23.5. The molecule has 0 radical (unpaired) electrons. The van der Waals surface area contributed by atoms with E-state index in [1.54, 1.807) is 11.3 Å². The molecule has 1 saturated heterocycles. The number of allylic oxidation sites excluding steroid dienone is 1. The third-order valence-corrected chi connectivity index (χ3v) is 9.10. The predicted octanol–water partition coefficient (Wildman–Crippen LogP) is 5.77. The van der Waals surface area contributed by atoms with Crippen molar-refractivity contribution in [3.8, 4) is 10.6 Å². The summed E-state index contributed by atoms with van der Waals surface area (Å²) in [6.45, 7) is 10.3. The first-order valence-electron chi connectivity index (χ1n) is 13.5. The quantitative estimate of drug-likeness (QED) is 0.397. The fourth-order valence-corrected chi connectivity index (χ4v) is 6.98. The summed E-state index contributed by atoms with van der Waals surface area (Å²) in [5.41, 5.74) is 6.69. The largest absolute Gasteiger partial charge is 0.364 e. The Kier molecular flexibility index (Phi) is 5.36. The molecule has 0 aromatic carbocycles. The van der Waals surface area contributed by atoms with Gasteiger partial charge in [0.2, 0.25) is 5.95 Å². The van der Waals surface area contributed by atoms with E-state index in [0.29, 0.717) is 17.9 Å². The van der Waals surface area contributed by atoms with Gasteiger partial charge in [-0.05, 0) is 84.3 Å². The summed E-state index contributed by atoms with van der Waals surface area (Å²) in [4.78, 5) is 19.4. The molecule has 0 bridgehead atoms. The van der Waals surface area contributed by atoms with E-state index in [9.17, 15) is 0 Å². The fraction of sp³-hybridized carbons (Fsp3) is 0.571. The molecule has 1 aliphatic heterocycles. The van der Waals surface area contributed by atoms with Gasteiger partial charge in [0.25, 0.3) is 0 Å². The molecule has 2 N–H and O–H groups in total. The molecule has 3 aromatic heterocycles. The minimum absolute atomic E-state index is 0.0139. The summed E-state index contributed by atoms with van der Waals surface area (Å²) in [5, 5.41) is 8.28. The van der Waals surface area contributed by atoms with Gasteiger partial charge >= 0.3 is 0 Å². The standard InChI is InChI=1S/C28H34N6O2S/c1-13(16-6-7-16)30-27-31-14(2)21(26-33-22-15(3)29-11-10-20(22)37-26)25(34-27)32-19-12-18(17-8-9-17)23-24(19)36-28(4,5)35-23/h10-11,13,16,19,23-24H,6-9,12H2,1-5H3,(H2,30,31,32,34). The maximum absolute atomic E-state index is 6.44. The molecule has 4 fully saturated rings. The van der Waals surface area contributed by atoms with E-state index in [2.05, 4.69) is 29.5 Å². The van der Waals surface area contributed by atoms with Crippen molar-refractivity contribution in [2.24, 2.45) is 5.92 Å². The van der Waals surface area contributed by atoms with Crippen molar-refractivity contribution in [2.75, 3.05) is 10.6 Å². The van der Waals surface area contributed by atoms with Crippen molar-refractivity contribution in [2.45, 2.75) is 96.8 Å². The number of rotatable bonds is 6. The molecular weight excluding hydrogens is 484 g/mol. The molecular formula is C28H34N6O2S. The lowest BCUT2D eigenvalue weighted by molar-refractivity contribution is -0.147. The van der Waals surface area contributed by atoms with Gasteiger partial charge in [0.1, 0.15) is 28.6 Å². The van der Waals surface area contributed by atoms with Gasteiger partial charge in [0.15, 0.2) is 5.79 Å². The van der Waals surface area contributed by atoms with Gasteiger partial charge in [-0.2, -0.15) is 4.98 Å². The topological polar surface area (TPSA) is 94.1 Å². The SMILES string of the molecule is Cc1nc(NC(C)C2CC2)nc(NC2CC(=C3CC3)C3OC(C)(C)OC23)c1-c1nc2c(C)nccc2s1. The Balaban J connectivity index is 1.29. The van der Waals surface area contributed by atoms with E-state index in [1.807, 2.05) is 33.0 Å². The number of hydrogen-bond donors (Lipinski definition) is 2. The minimum Gasteiger partial charge on any atom is -0.364 e. The van der Waals surface area contributed by atoms with Crippen molar-refractivity contribution < 1.29 is 9.47 Å². The number of nitrogens with zero attached hydrogens (tertiary/aromatic N) is 4. The molecule has 3 saturated carbocycles. The summed E-state index contributed by atoms with van der Waals surface area (Å²) < 4.78 is 13.9. The lowest BCUT2D eigenvalue weighted by atomic mass is 10.1. The van der Waals surface area contributed by atoms with Gasteiger partial charge in [0.05, 0.1) is 27.7 Å². The van der Waals surface area contributed by atoms with Crippen molar-refractivity contribution >= 4 is 33.3 Å². The lowest BCUT2D eigenvalue weighted by Gasteiger charge is -2.24. The molecule has 7 rings (SSSR count). The minimum atomic E-state index is -0.592. The van der Waals surface area contributed by atoms with Crippen LogP contribution >= 0.6 is 11.3 Å². The number of pyridine rings is 1. The second-order valence-electron chi connectivity index (χ2n) is 11.5. The zero-order valence-electron chi connectivity index (χ0n) is 22.1. The van der Waals surface area contributed by atoms with Crippen molar-refractivity contribution in [1.29, 1.82) is 0 Å². The third-order valence-electron chi connectivity index (χ3n) is 8.06. The first-order chi connectivity index (χ1) is 17.8. The molecule has 4 atom stereocenters. The first-order valence-corrected chi connectivity index (χ1v) is 14.3. The van der Waals surface area contributed by atoms with Gasteiger partial charge in [-0.25, -0.2) is 9.97 Å². The Labute approximate surface area is 221 Å². The Morgan fingerprint density at radius 3 is 2.62 bits per heavy atom. The highest BCUT2D eigenvalue weighted by molar-refractivity contribution is 7.21. The molecule has 4 aliphatic rings. The maximum atomic E-state index is 6.44. The highest BCUT2D eigenvalue weighted by Gasteiger charge is 2.53. The van der Waals surface area contributed by atoms with E-state index in [1.165, 1.54) is 36.8 Å². The van der Waals surface area contributed by atoms with Crippen LogP contribution in [0, 0.1) is 19.8 Å². The molecule has 0 amide bonds. The van der Waals surface area contributed by atoms with Crippen LogP contribution in [0.2, 0.25) is 0 Å². The average Bonchev–Trinajstić information content (AvgIpc) is 3.75. The smallest absolute Gasteiger partial charge is 0.225 e. The number of hydrogen-bond acceptors (Lipinski definition) is 9. The molecule has 3 aliphatic carbocycles. The Hall–Kier alpha value is -2.62. The monoisotopic (exact) mass is 518 g/mol. The summed E-state index contributed by atoms with van der Waals surface area (Å²) in [6.07, 6.45) is 7.62. The summed E-state index contributed by atoms with van der Waals surface area (Å²) in [5.74, 6) is 1.59. The van der Waals surface area contributed by atoms with Gasteiger partial charge in [-0.15, -0.1) is 11.3 Å². The predicted molar refractivity (Wildman–Crippen MR) is 146 cm³/mol. The van der Waals surface area contributed by atoms with E-state index in [4.69, 9.17) is 24.4 Å². The Bertz CT molecular complexity index is 1420. The third kappa shape index (κ3) is 4.30. The van der Waals surface area contributed by atoms with Crippen LogP contribution in [0.1, 0.15) is 64.3 Å². The van der Waals surface area contributed by atoms with Crippen molar-refractivity contribution in [1.82, 2.24) is 19.9 Å². The number of fused-ring (bicyclic) bond motifs is 2. The zero-order chi connectivity index (χ0) is 25.5. The molecule has 0 spiro atoms. The van der Waals surface area contributed by atoms with Crippen LogP contribution in [0.25, 0.3) is 20.8 Å². The van der Waals surface area contributed by atoms with Gasteiger partial charge in [0, 0.05) is 12.2 Å². The van der Waals surface area contributed by atoms with Crippen LogP contribution in [0.5, 0.6) is 0 Å². The Morgan fingerprint density at radius 2 is 1.89 bits per heavy atom. The molecule has 4 unspecified atom stereocenters. The highest BCUT2D eigenvalue weighted by atomic mass is 32.1. The van der Waals surface area contributed by atoms with Crippen LogP contribution in [0.3, 0.4) is 0 Å². The van der Waals surface area contributed by atoms with Crippen LogP contribution < -0.4 is 10.6 Å². The van der Waals surface area contributed by atoms with Crippen LogP contribution in [0.15, 0.2) is 23.4 Å². The average molecular weight is 519 g/mol. The fourth-order valence-electron chi connectivity index (χ4n) is 5.86. The molecule has 4 heterocycles. The number of anilines is 2. The molecule has 37 heavy (non-hydrogen) atoms. The molecule has 9 heteroatoms. The molecule has 3 aromatic rings. The van der Waals surface area contributed by atoms with Gasteiger partial charge < -0.3 is 20.1 Å². The number of aryl methyl sites for hydroxylation is 2. The van der Waals surface area contributed by atoms with Crippen molar-refractivity contribution in [3.05, 3.63) is 34.8 Å². The number of aromatic nitrogens is 4. The maximum Gasteiger partial charge on any atom is 0.225 e. The van der Waals surface area contributed by atoms with E-state index >= 15 is 0 Å². The summed E-state index contributed by atoms with van der Waals surface area (Å²) >= 11 is 1.66. The number of nitrogens with one attached hydrogen (secondary N) is 2. The van der Waals surface area contributed by atoms with Crippen LogP contribution in [-0.4, -0.2) is 50.0 Å². The molecule has 194 valence electrons. The van der Waals surface area contributed by atoms with E-state index in [0.717, 1.165) is 44.4 Å². The van der Waals surface area contributed by atoms with E-state index in [-0.39, 0.29) is 18.2 Å². The summed E-state index contributed by atoms with van der Waals surface area (Å²) in [6, 6.07) is 2.44. The second kappa shape index (κ2) is 8.44. The van der Waals surface area contributed by atoms with Crippen LogP contribution in [0.4, 0.5) is 11.8 Å². The van der Waals surface area contributed by atoms with Crippen LogP contribution in [-0.2, 0) is 9.47 Å². The van der Waals surface area contributed by atoms with Gasteiger partial charge in [-0.3, -0.25) is 4.98 Å². The molecule has 8 nitrogen and oxygen atoms in total. The van der Waals surface area contributed by atoms with Gasteiger partial charge in [-0.1, -0.05) is 5.57 Å². The normalized spacial score (nSPS) is 27.0. The zero-order valence-corrected chi connectivity index (χ0v) is 22.9. The Morgan fingerprint density at radius 1 is 1.08 bits per heavy atom. The number of ether oxygens (including phenoxy) is 2. The van der Waals surface area contributed by atoms with Crippen molar-refractivity contribution in [3.63, 3.8) is 0 Å². The summed E-state index contributed by atoms with van der Waals surface area (Å²) in [7, 11) is 0. The highest BCUT2D eigenvalue weighted by Crippen LogP contribution is 2.48. The van der Waals surface area contributed by atoms with E-state index < -0.39 is 5.79 Å².